The number of aliphatic hydroxyl groups is 2. The molecule has 0 spiro atoms. The van der Waals surface area contributed by atoms with E-state index in [0.717, 1.165) is 38.0 Å². The number of carbonyl (C=O) groups excluding carboxylic acids is 2. The van der Waals surface area contributed by atoms with Crippen molar-refractivity contribution < 1.29 is 66.7 Å². The van der Waals surface area contributed by atoms with Crippen molar-refractivity contribution in [3.63, 3.8) is 0 Å². The van der Waals surface area contributed by atoms with E-state index in [4.69, 9.17) is 23.8 Å². The summed E-state index contributed by atoms with van der Waals surface area (Å²) in [6, 6.07) is 0. The smallest absolute Gasteiger partial charge is 0.462 e. The first-order chi connectivity index (χ1) is 27.2. The summed E-state index contributed by atoms with van der Waals surface area (Å²) in [5, 5.41) is 20.0. The molecule has 0 aliphatic heterocycles. The van der Waals surface area contributed by atoms with Crippen LogP contribution >= 0.6 is 15.6 Å². The molecule has 0 amide bonds. The van der Waals surface area contributed by atoms with Crippen LogP contribution in [0.15, 0.2) is 36.5 Å². The van der Waals surface area contributed by atoms with Crippen molar-refractivity contribution in [1.29, 1.82) is 0 Å². The quantitative estimate of drug-likeness (QED) is 0.0128. The monoisotopic (exact) mass is 854 g/mol. The highest BCUT2D eigenvalue weighted by Gasteiger charge is 2.28. The Hall–Kier alpha value is -1.70. The molecule has 16 heteroatoms. The predicted molar refractivity (Wildman–Crippen MR) is 222 cm³/mol. The zero-order valence-electron chi connectivity index (χ0n) is 35.0. The molecule has 3 unspecified atom stereocenters. The second-order valence-corrected chi connectivity index (χ2v) is 17.4. The van der Waals surface area contributed by atoms with Gasteiger partial charge in [0.25, 0.3) is 0 Å². The van der Waals surface area contributed by atoms with Gasteiger partial charge >= 0.3 is 27.6 Å². The van der Waals surface area contributed by atoms with E-state index in [-0.39, 0.29) is 25.7 Å². The molecule has 14 nitrogen and oxygen atoms in total. The molecular weight excluding hydrogens is 778 g/mol. The number of aliphatic hydroxyl groups excluding tert-OH is 2. The molecule has 0 saturated heterocycles. The van der Waals surface area contributed by atoms with Crippen LogP contribution in [0, 0.1) is 5.92 Å². The fourth-order valence-electron chi connectivity index (χ4n) is 5.51. The van der Waals surface area contributed by atoms with Crippen molar-refractivity contribution in [1.82, 2.24) is 0 Å². The van der Waals surface area contributed by atoms with Crippen LogP contribution in [0.3, 0.4) is 0 Å². The molecule has 0 aliphatic rings. The van der Waals surface area contributed by atoms with Crippen LogP contribution in [0.4, 0.5) is 0 Å². The van der Waals surface area contributed by atoms with Crippen molar-refractivity contribution in [3.8, 4) is 0 Å². The molecule has 0 aromatic rings. The fourth-order valence-corrected chi connectivity index (χ4v) is 6.66. The summed E-state index contributed by atoms with van der Waals surface area (Å²) >= 11 is 0. The van der Waals surface area contributed by atoms with Gasteiger partial charge in [0.05, 0.1) is 25.9 Å². The lowest BCUT2D eigenvalue weighted by molar-refractivity contribution is -0.161. The van der Waals surface area contributed by atoms with Gasteiger partial charge in [-0.05, 0) is 44.4 Å². The molecule has 0 heterocycles. The Bertz CT molecular complexity index is 1190. The van der Waals surface area contributed by atoms with Gasteiger partial charge in [-0.15, -0.1) is 0 Å². The average molecular weight is 855 g/mol. The lowest BCUT2D eigenvalue weighted by Gasteiger charge is -2.20. The molecule has 57 heavy (non-hydrogen) atoms. The highest BCUT2D eigenvalue weighted by atomic mass is 31.2. The Kier molecular flexibility index (Phi) is 35.1. The minimum atomic E-state index is -4.88. The fraction of sp³-hybridized carbons (Fsp3) is 0.805. The Balaban J connectivity index is 4.74. The van der Waals surface area contributed by atoms with E-state index in [2.05, 4.69) is 42.0 Å². The van der Waals surface area contributed by atoms with Gasteiger partial charge < -0.3 is 34.4 Å². The number of hydrogen-bond acceptors (Lipinski definition) is 11. The number of allylic oxidation sites excluding steroid dienone is 5. The maximum absolute atomic E-state index is 12.6. The summed E-state index contributed by atoms with van der Waals surface area (Å²) in [7, 11) is -9.74. The molecule has 0 saturated carbocycles. The van der Waals surface area contributed by atoms with Gasteiger partial charge in [-0.3, -0.25) is 23.2 Å². The average Bonchev–Trinajstić information content (AvgIpc) is 3.16. The van der Waals surface area contributed by atoms with Crippen LogP contribution in [0.5, 0.6) is 0 Å². The Morgan fingerprint density at radius 2 is 1.23 bits per heavy atom. The molecule has 0 aromatic carbocycles. The largest absolute Gasteiger partial charge is 0.472 e. The minimum Gasteiger partial charge on any atom is -0.462 e. The number of phosphoric ester groups is 2. The summed E-state index contributed by atoms with van der Waals surface area (Å²) in [4.78, 5) is 52.6. The minimum absolute atomic E-state index is 0.0918. The first-order valence-corrected chi connectivity index (χ1v) is 24.2. The van der Waals surface area contributed by atoms with Gasteiger partial charge in [0, 0.05) is 12.8 Å². The first-order valence-electron chi connectivity index (χ1n) is 21.2. The van der Waals surface area contributed by atoms with Crippen LogP contribution in [0.25, 0.3) is 0 Å². The molecule has 0 rings (SSSR count). The molecule has 0 radical (unpaired) electrons. The maximum Gasteiger partial charge on any atom is 0.472 e. The second-order valence-electron chi connectivity index (χ2n) is 14.7. The number of phosphoric acid groups is 2. The Labute approximate surface area is 342 Å². The first kappa shape index (κ1) is 55.3. The third kappa shape index (κ3) is 39.5. The van der Waals surface area contributed by atoms with Crippen LogP contribution < -0.4 is 0 Å². The number of esters is 2. The lowest BCUT2D eigenvalue weighted by Crippen LogP contribution is -2.30. The normalized spacial score (nSPS) is 15.6. The Morgan fingerprint density at radius 3 is 1.89 bits per heavy atom. The van der Waals surface area contributed by atoms with Gasteiger partial charge in [-0.1, -0.05) is 147 Å². The summed E-state index contributed by atoms with van der Waals surface area (Å²) in [6.07, 6.45) is 29.0. The number of hydrogen-bond donors (Lipinski definition) is 5. The van der Waals surface area contributed by atoms with Crippen LogP contribution in [-0.2, 0) is 41.8 Å². The molecule has 0 aliphatic carbocycles. The maximum atomic E-state index is 12.6. The van der Waals surface area contributed by atoms with Crippen molar-refractivity contribution in [2.45, 2.75) is 180 Å². The molecule has 0 aromatic heterocycles. The topological polar surface area (TPSA) is 216 Å². The van der Waals surface area contributed by atoms with Crippen LogP contribution in [0.1, 0.15) is 162 Å². The third-order valence-electron chi connectivity index (χ3n) is 9.17. The molecular formula is C41H76O14P2. The zero-order valence-corrected chi connectivity index (χ0v) is 36.8. The van der Waals surface area contributed by atoms with Gasteiger partial charge in [0.1, 0.15) is 12.7 Å². The SMILES string of the molecule is CCCCCCCC/C=C/C/C=C/C=C/C(O)CCCC(=O)O[C@H](COC(=O)CCCCCCCCCCC(C)CC)COP(=O)(O)OC[C@@H](O)COP(=O)(O)O. The van der Waals surface area contributed by atoms with Gasteiger partial charge in [0.2, 0.25) is 0 Å². The second kappa shape index (κ2) is 36.2. The van der Waals surface area contributed by atoms with E-state index in [1.165, 1.54) is 77.0 Å². The summed E-state index contributed by atoms with van der Waals surface area (Å²) in [5.74, 6) is -0.446. The lowest BCUT2D eigenvalue weighted by atomic mass is 9.99. The zero-order chi connectivity index (χ0) is 42.6. The van der Waals surface area contributed by atoms with E-state index in [0.29, 0.717) is 6.42 Å². The predicted octanol–water partition coefficient (Wildman–Crippen LogP) is 9.33. The van der Waals surface area contributed by atoms with Crippen LogP contribution in [-0.4, -0.2) is 81.6 Å². The van der Waals surface area contributed by atoms with E-state index in [1.807, 2.05) is 12.2 Å². The number of carbonyl (C=O) groups is 2. The van der Waals surface area contributed by atoms with Gasteiger partial charge in [-0.25, -0.2) is 9.13 Å². The molecule has 5 N–H and O–H groups in total. The Morgan fingerprint density at radius 1 is 0.632 bits per heavy atom. The standard InChI is InChI=1S/C41H76O14P2/c1-4-6-7-8-9-10-11-12-13-14-18-21-24-28-37(42)29-26-31-41(45)55-39(35-54-57(49,50)53-33-38(43)32-52-56(46,47)48)34-51-40(44)30-25-22-19-16-15-17-20-23-27-36(3)5-2/h12-13,18,21,24,28,36-39,42-43H,4-11,14-17,19-20,22-23,25-27,29-35H2,1-3H3,(H,49,50)(H2,46,47,48)/b13-12+,21-18+,28-24+/t36?,37?,38-,39+/m0/s1. The highest BCUT2D eigenvalue weighted by molar-refractivity contribution is 7.47. The molecule has 334 valence electrons. The van der Waals surface area contributed by atoms with E-state index >= 15 is 0 Å². The molecule has 0 fully saturated rings. The van der Waals surface area contributed by atoms with E-state index in [1.54, 1.807) is 12.2 Å². The van der Waals surface area contributed by atoms with Gasteiger partial charge in [-0.2, -0.15) is 0 Å². The van der Waals surface area contributed by atoms with Crippen molar-refractivity contribution in [2.24, 2.45) is 5.92 Å². The summed E-state index contributed by atoms with van der Waals surface area (Å²) in [6.45, 7) is 3.82. The van der Waals surface area contributed by atoms with Crippen molar-refractivity contribution in [2.75, 3.05) is 26.4 Å². The highest BCUT2D eigenvalue weighted by Crippen LogP contribution is 2.43. The van der Waals surface area contributed by atoms with Crippen LogP contribution in [0.2, 0.25) is 0 Å². The number of rotatable bonds is 39. The molecule has 5 atom stereocenters. The number of ether oxygens (including phenoxy) is 2. The summed E-state index contributed by atoms with van der Waals surface area (Å²) < 4.78 is 47.5. The summed E-state index contributed by atoms with van der Waals surface area (Å²) in [5.41, 5.74) is 0. The van der Waals surface area contributed by atoms with E-state index in [9.17, 15) is 33.8 Å². The number of unbranched alkanes of at least 4 members (excludes halogenated alkanes) is 13. The third-order valence-corrected chi connectivity index (χ3v) is 10.6. The van der Waals surface area contributed by atoms with Crippen molar-refractivity contribution in [3.05, 3.63) is 36.5 Å². The van der Waals surface area contributed by atoms with E-state index < -0.39 is 72.3 Å². The van der Waals surface area contributed by atoms with Crippen molar-refractivity contribution >= 4 is 27.6 Å². The van der Waals surface area contributed by atoms with Gasteiger partial charge in [0.15, 0.2) is 6.10 Å². The molecule has 0 bridgehead atoms.